The van der Waals surface area contributed by atoms with Gasteiger partial charge in [-0.05, 0) is 86.8 Å². The van der Waals surface area contributed by atoms with Crippen LogP contribution in [0.4, 0.5) is 0 Å². The molecule has 0 spiro atoms. The van der Waals surface area contributed by atoms with Gasteiger partial charge in [0.1, 0.15) is 6.29 Å². The van der Waals surface area contributed by atoms with Crippen molar-refractivity contribution in [2.75, 3.05) is 0 Å². The summed E-state index contributed by atoms with van der Waals surface area (Å²) >= 11 is 12.2. The highest BCUT2D eigenvalue weighted by molar-refractivity contribution is 6.42. The lowest BCUT2D eigenvalue weighted by atomic mass is 9.74. The van der Waals surface area contributed by atoms with E-state index in [0.29, 0.717) is 21.9 Å². The first-order chi connectivity index (χ1) is 11.7. The van der Waals surface area contributed by atoms with Gasteiger partial charge in [-0.15, -0.1) is 0 Å². The minimum absolute atomic E-state index is 0.350. The van der Waals surface area contributed by atoms with Gasteiger partial charge in [0.05, 0.1) is 10.0 Å². The fraction of sp³-hybridized carbons (Fsp3) is 0.667. The predicted octanol–water partition coefficient (Wildman–Crippen LogP) is 7.05. The van der Waals surface area contributed by atoms with Gasteiger partial charge in [-0.25, -0.2) is 0 Å². The van der Waals surface area contributed by atoms with Crippen LogP contribution in [0, 0.1) is 17.8 Å². The molecule has 1 aromatic rings. The van der Waals surface area contributed by atoms with Crippen LogP contribution in [-0.4, -0.2) is 6.29 Å². The van der Waals surface area contributed by atoms with Crippen molar-refractivity contribution in [3.05, 3.63) is 33.8 Å². The van der Waals surface area contributed by atoms with Crippen LogP contribution in [0.1, 0.15) is 75.7 Å². The molecule has 3 heteroatoms. The summed E-state index contributed by atoms with van der Waals surface area (Å²) < 4.78 is 0. The highest BCUT2D eigenvalue weighted by atomic mass is 35.5. The summed E-state index contributed by atoms with van der Waals surface area (Å²) in [5.74, 6) is 2.77. The van der Waals surface area contributed by atoms with Crippen molar-refractivity contribution < 1.29 is 4.79 Å². The van der Waals surface area contributed by atoms with Crippen LogP contribution < -0.4 is 0 Å². The Morgan fingerprint density at radius 3 is 1.96 bits per heavy atom. The van der Waals surface area contributed by atoms with E-state index in [1.807, 2.05) is 6.07 Å². The fourth-order valence-corrected chi connectivity index (χ4v) is 4.94. The van der Waals surface area contributed by atoms with Gasteiger partial charge in [0.2, 0.25) is 0 Å². The average molecular weight is 367 g/mol. The second-order valence-electron chi connectivity index (χ2n) is 7.89. The Kier molecular flexibility index (Phi) is 6.63. The SMILES string of the molecule is O=C[C@H]1CC[C@H](CC[C@H]2CC[C@H](c3ccc(Cl)c(Cl)c3)CC2)CC1. The maximum absolute atomic E-state index is 10.8. The molecule has 1 nitrogen and oxygen atoms in total. The molecule has 2 aliphatic carbocycles. The summed E-state index contributed by atoms with van der Waals surface area (Å²) in [7, 11) is 0. The summed E-state index contributed by atoms with van der Waals surface area (Å²) in [6.07, 6.45) is 13.9. The van der Waals surface area contributed by atoms with Crippen LogP contribution >= 0.6 is 23.2 Å². The van der Waals surface area contributed by atoms with E-state index in [1.165, 1.54) is 63.2 Å². The molecule has 132 valence electrons. The van der Waals surface area contributed by atoms with E-state index in [0.717, 1.165) is 24.7 Å². The first-order valence-electron chi connectivity index (χ1n) is 9.56. The quantitative estimate of drug-likeness (QED) is 0.510. The molecule has 2 fully saturated rings. The number of carbonyl (C=O) groups is 1. The Morgan fingerprint density at radius 2 is 1.42 bits per heavy atom. The first-order valence-corrected chi connectivity index (χ1v) is 10.3. The fourth-order valence-electron chi connectivity index (χ4n) is 4.64. The summed E-state index contributed by atoms with van der Waals surface area (Å²) in [6.45, 7) is 0. The molecule has 0 aromatic heterocycles. The van der Waals surface area contributed by atoms with Gasteiger partial charge in [0.25, 0.3) is 0 Å². The molecule has 2 saturated carbocycles. The minimum Gasteiger partial charge on any atom is -0.303 e. The zero-order valence-electron chi connectivity index (χ0n) is 14.4. The van der Waals surface area contributed by atoms with Crippen LogP contribution in [0.3, 0.4) is 0 Å². The molecule has 0 saturated heterocycles. The second kappa shape index (κ2) is 8.72. The lowest BCUT2D eigenvalue weighted by molar-refractivity contribution is -0.112. The molecule has 0 bridgehead atoms. The van der Waals surface area contributed by atoms with Gasteiger partial charge in [-0.3, -0.25) is 0 Å². The van der Waals surface area contributed by atoms with Crippen LogP contribution in [0.15, 0.2) is 18.2 Å². The molecule has 0 radical (unpaired) electrons. The molecule has 0 amide bonds. The number of hydrogen-bond acceptors (Lipinski definition) is 1. The number of carbonyl (C=O) groups excluding carboxylic acids is 1. The zero-order chi connectivity index (χ0) is 16.9. The summed E-state index contributed by atoms with van der Waals surface area (Å²) in [6, 6.07) is 6.13. The van der Waals surface area contributed by atoms with Crippen LogP contribution in [-0.2, 0) is 4.79 Å². The third-order valence-electron chi connectivity index (χ3n) is 6.33. The third kappa shape index (κ3) is 4.76. The number of rotatable bonds is 5. The van der Waals surface area contributed by atoms with Gasteiger partial charge in [0, 0.05) is 5.92 Å². The summed E-state index contributed by atoms with van der Waals surface area (Å²) in [5, 5.41) is 1.33. The zero-order valence-corrected chi connectivity index (χ0v) is 15.9. The standard InChI is InChI=1S/C21H28Cl2O/c22-20-12-11-19(13-21(20)23)18-9-7-16(8-10-18)2-1-15-3-5-17(14-24)6-4-15/h11-18H,1-10H2/t15-,16-,17-,18-. The Hall–Kier alpha value is -0.530. The van der Waals surface area contributed by atoms with Crippen molar-refractivity contribution >= 4 is 29.5 Å². The summed E-state index contributed by atoms with van der Waals surface area (Å²) in [5.41, 5.74) is 1.36. The van der Waals surface area contributed by atoms with Crippen LogP contribution in [0.5, 0.6) is 0 Å². The van der Waals surface area contributed by atoms with Crippen molar-refractivity contribution in [1.29, 1.82) is 0 Å². The smallest absolute Gasteiger partial charge is 0.123 e. The van der Waals surface area contributed by atoms with E-state index in [4.69, 9.17) is 23.2 Å². The van der Waals surface area contributed by atoms with E-state index < -0.39 is 0 Å². The molecule has 0 aliphatic heterocycles. The van der Waals surface area contributed by atoms with E-state index in [9.17, 15) is 4.79 Å². The topological polar surface area (TPSA) is 17.1 Å². The second-order valence-corrected chi connectivity index (χ2v) is 8.70. The molecule has 0 N–H and O–H groups in total. The molecule has 0 atom stereocenters. The van der Waals surface area contributed by atoms with Gasteiger partial charge in [-0.2, -0.15) is 0 Å². The largest absolute Gasteiger partial charge is 0.303 e. The van der Waals surface area contributed by atoms with Gasteiger partial charge in [0.15, 0.2) is 0 Å². The van der Waals surface area contributed by atoms with E-state index in [1.54, 1.807) is 0 Å². The molecular weight excluding hydrogens is 339 g/mol. The Balaban J connectivity index is 1.40. The lowest BCUT2D eigenvalue weighted by Crippen LogP contribution is -2.18. The monoisotopic (exact) mass is 366 g/mol. The van der Waals surface area contributed by atoms with E-state index >= 15 is 0 Å². The first kappa shape index (κ1) is 18.3. The summed E-state index contributed by atoms with van der Waals surface area (Å²) in [4.78, 5) is 10.8. The van der Waals surface area contributed by atoms with Gasteiger partial charge in [-0.1, -0.05) is 42.1 Å². The maximum Gasteiger partial charge on any atom is 0.123 e. The van der Waals surface area contributed by atoms with Gasteiger partial charge >= 0.3 is 0 Å². The number of halogens is 2. The number of hydrogen-bond donors (Lipinski definition) is 0. The van der Waals surface area contributed by atoms with Crippen LogP contribution in [0.25, 0.3) is 0 Å². The molecule has 24 heavy (non-hydrogen) atoms. The Bertz CT molecular complexity index is 541. The predicted molar refractivity (Wildman–Crippen MR) is 102 cm³/mol. The van der Waals surface area contributed by atoms with Crippen molar-refractivity contribution in [3.63, 3.8) is 0 Å². The molecule has 3 rings (SSSR count). The van der Waals surface area contributed by atoms with Gasteiger partial charge < -0.3 is 4.79 Å². The third-order valence-corrected chi connectivity index (χ3v) is 7.07. The molecular formula is C21H28Cl2O. The van der Waals surface area contributed by atoms with Crippen molar-refractivity contribution in [1.82, 2.24) is 0 Å². The van der Waals surface area contributed by atoms with Crippen molar-refractivity contribution in [2.45, 2.75) is 70.1 Å². The van der Waals surface area contributed by atoms with E-state index in [2.05, 4.69) is 12.1 Å². The molecule has 1 aromatic carbocycles. The Morgan fingerprint density at radius 1 is 0.833 bits per heavy atom. The van der Waals surface area contributed by atoms with Crippen molar-refractivity contribution in [2.24, 2.45) is 17.8 Å². The highest BCUT2D eigenvalue weighted by Gasteiger charge is 2.25. The van der Waals surface area contributed by atoms with E-state index in [-0.39, 0.29) is 0 Å². The average Bonchev–Trinajstić information content (AvgIpc) is 2.63. The molecule has 2 aliphatic rings. The minimum atomic E-state index is 0.350. The normalized spacial score (nSPS) is 30.9. The highest BCUT2D eigenvalue weighted by Crippen LogP contribution is 2.40. The maximum atomic E-state index is 10.8. The molecule has 0 heterocycles. The number of benzene rings is 1. The van der Waals surface area contributed by atoms with Crippen LogP contribution in [0.2, 0.25) is 10.0 Å². The Labute approximate surface area is 156 Å². The molecule has 0 unspecified atom stereocenters. The number of aldehydes is 1. The van der Waals surface area contributed by atoms with Crippen molar-refractivity contribution in [3.8, 4) is 0 Å². The lowest BCUT2D eigenvalue weighted by Gasteiger charge is -2.31.